The molecule has 6 heteroatoms. The van der Waals surface area contributed by atoms with Gasteiger partial charge in [-0.2, -0.15) is 0 Å². The van der Waals surface area contributed by atoms with Crippen molar-refractivity contribution in [2.75, 3.05) is 11.1 Å². The molecular weight excluding hydrogens is 254 g/mol. The quantitative estimate of drug-likeness (QED) is 0.660. The highest BCUT2D eigenvalue weighted by Crippen LogP contribution is 2.30. The summed E-state index contributed by atoms with van der Waals surface area (Å²) in [6, 6.07) is 0. The highest BCUT2D eigenvalue weighted by Gasteiger charge is 2.25. The van der Waals surface area contributed by atoms with Gasteiger partial charge in [0.15, 0.2) is 4.34 Å². The van der Waals surface area contributed by atoms with Crippen LogP contribution in [0.3, 0.4) is 0 Å². The van der Waals surface area contributed by atoms with Gasteiger partial charge in [0.2, 0.25) is 11.0 Å². The number of hydrogen-bond donors (Lipinski definition) is 1. The molecule has 0 bridgehead atoms. The van der Waals surface area contributed by atoms with Gasteiger partial charge in [-0.25, -0.2) is 0 Å². The zero-order valence-corrected chi connectivity index (χ0v) is 11.7. The van der Waals surface area contributed by atoms with E-state index in [4.69, 9.17) is 0 Å². The summed E-state index contributed by atoms with van der Waals surface area (Å²) in [6.45, 7) is 4.35. The Morgan fingerprint density at radius 2 is 2.29 bits per heavy atom. The van der Waals surface area contributed by atoms with Crippen LogP contribution in [0.4, 0.5) is 5.13 Å². The topological polar surface area (TPSA) is 54.9 Å². The molecule has 1 aromatic rings. The minimum Gasteiger partial charge on any atom is -0.300 e. The lowest BCUT2D eigenvalue weighted by Gasteiger charge is -2.23. The van der Waals surface area contributed by atoms with Gasteiger partial charge in [-0.1, -0.05) is 43.4 Å². The maximum Gasteiger partial charge on any atom is 0.229 e. The van der Waals surface area contributed by atoms with Crippen LogP contribution in [-0.4, -0.2) is 21.9 Å². The summed E-state index contributed by atoms with van der Waals surface area (Å²) in [4.78, 5) is 11.7. The first-order valence-electron chi connectivity index (χ1n) is 5.92. The number of hydrogen-bond acceptors (Lipinski definition) is 5. The monoisotopic (exact) mass is 271 g/mol. The van der Waals surface area contributed by atoms with Crippen LogP contribution in [0, 0.1) is 11.8 Å². The van der Waals surface area contributed by atoms with E-state index in [0.717, 1.165) is 22.9 Å². The van der Waals surface area contributed by atoms with Gasteiger partial charge in [0, 0.05) is 11.7 Å². The van der Waals surface area contributed by atoms with E-state index >= 15 is 0 Å². The third-order valence-corrected chi connectivity index (χ3v) is 5.05. The van der Waals surface area contributed by atoms with Crippen molar-refractivity contribution in [3.63, 3.8) is 0 Å². The molecule has 1 N–H and O–H groups in total. The van der Waals surface area contributed by atoms with Crippen molar-refractivity contribution in [2.24, 2.45) is 11.8 Å². The Hall–Kier alpha value is -0.620. The molecule has 1 heterocycles. The van der Waals surface area contributed by atoms with Gasteiger partial charge in [0.05, 0.1) is 0 Å². The molecule has 2 rings (SSSR count). The molecule has 1 aliphatic carbocycles. The Kier molecular flexibility index (Phi) is 4.39. The molecule has 17 heavy (non-hydrogen) atoms. The minimum atomic E-state index is 0.104. The van der Waals surface area contributed by atoms with Gasteiger partial charge in [-0.15, -0.1) is 10.2 Å². The molecule has 4 nitrogen and oxygen atoms in total. The zero-order valence-electron chi connectivity index (χ0n) is 10.1. The number of thioether (sulfide) groups is 1. The summed E-state index contributed by atoms with van der Waals surface area (Å²) < 4.78 is 0.933. The third-order valence-electron chi connectivity index (χ3n) is 2.65. The van der Waals surface area contributed by atoms with Crippen molar-refractivity contribution >= 4 is 34.1 Å². The summed E-state index contributed by atoms with van der Waals surface area (Å²) in [5, 5.41) is 11.5. The summed E-state index contributed by atoms with van der Waals surface area (Å²) in [5.74, 6) is 1.97. The second kappa shape index (κ2) is 5.82. The first-order valence-corrected chi connectivity index (χ1v) is 7.72. The van der Waals surface area contributed by atoms with E-state index in [2.05, 4.69) is 29.4 Å². The Labute approximate surface area is 110 Å². The maximum absolute atomic E-state index is 11.7. The van der Waals surface area contributed by atoms with Crippen LogP contribution in [0.15, 0.2) is 4.34 Å². The van der Waals surface area contributed by atoms with Gasteiger partial charge in [-0.05, 0) is 18.8 Å². The molecule has 0 saturated heterocycles. The third kappa shape index (κ3) is 3.67. The Bertz CT molecular complexity index is 388. The smallest absolute Gasteiger partial charge is 0.229 e. The van der Waals surface area contributed by atoms with Crippen molar-refractivity contribution in [2.45, 2.75) is 37.4 Å². The maximum atomic E-state index is 11.7. The lowest BCUT2D eigenvalue weighted by Crippen LogP contribution is -2.27. The summed E-state index contributed by atoms with van der Waals surface area (Å²) in [7, 11) is 0. The van der Waals surface area contributed by atoms with Crippen molar-refractivity contribution in [3.8, 4) is 0 Å². The predicted molar refractivity (Wildman–Crippen MR) is 71.4 cm³/mol. The fourth-order valence-electron chi connectivity index (χ4n) is 1.43. The molecule has 0 aliphatic heterocycles. The SMILES string of the molecule is CC(C)CSc1nnc(NC(=O)C2CCC2)s1. The van der Waals surface area contributed by atoms with Crippen LogP contribution < -0.4 is 5.32 Å². The number of carbonyl (C=O) groups is 1. The molecule has 1 aliphatic rings. The summed E-state index contributed by atoms with van der Waals surface area (Å²) in [5.41, 5.74) is 0. The molecule has 0 unspecified atom stereocenters. The van der Waals surface area contributed by atoms with Gasteiger partial charge in [-0.3, -0.25) is 4.79 Å². The Balaban J connectivity index is 1.82. The lowest BCUT2D eigenvalue weighted by molar-refractivity contribution is -0.122. The van der Waals surface area contributed by atoms with E-state index in [-0.39, 0.29) is 11.8 Å². The lowest BCUT2D eigenvalue weighted by atomic mass is 9.85. The number of carbonyl (C=O) groups excluding carboxylic acids is 1. The normalized spacial score (nSPS) is 15.9. The van der Waals surface area contributed by atoms with Crippen molar-refractivity contribution in [3.05, 3.63) is 0 Å². The number of nitrogens with one attached hydrogen (secondary N) is 1. The van der Waals surface area contributed by atoms with E-state index in [1.165, 1.54) is 17.8 Å². The van der Waals surface area contributed by atoms with E-state index in [1.54, 1.807) is 11.8 Å². The minimum absolute atomic E-state index is 0.104. The molecule has 0 radical (unpaired) electrons. The largest absolute Gasteiger partial charge is 0.300 e. The van der Waals surface area contributed by atoms with Gasteiger partial charge >= 0.3 is 0 Å². The molecule has 0 atom stereocenters. The Morgan fingerprint density at radius 1 is 1.53 bits per heavy atom. The highest BCUT2D eigenvalue weighted by molar-refractivity contribution is 8.01. The van der Waals surface area contributed by atoms with Crippen molar-refractivity contribution in [1.82, 2.24) is 10.2 Å². The molecule has 1 fully saturated rings. The molecule has 94 valence electrons. The number of aromatic nitrogens is 2. The van der Waals surface area contributed by atoms with Crippen LogP contribution in [-0.2, 0) is 4.79 Å². The Morgan fingerprint density at radius 3 is 2.88 bits per heavy atom. The van der Waals surface area contributed by atoms with E-state index < -0.39 is 0 Å². The number of rotatable bonds is 5. The van der Waals surface area contributed by atoms with Crippen molar-refractivity contribution < 1.29 is 4.79 Å². The van der Waals surface area contributed by atoms with E-state index in [0.29, 0.717) is 11.0 Å². The van der Waals surface area contributed by atoms with Gasteiger partial charge < -0.3 is 5.32 Å². The predicted octanol–water partition coefficient (Wildman–Crippen LogP) is 3.02. The fourth-order valence-corrected chi connectivity index (χ4v) is 3.17. The number of amides is 1. The van der Waals surface area contributed by atoms with Crippen LogP contribution >= 0.6 is 23.1 Å². The number of anilines is 1. The standard InChI is InChI=1S/C11H17N3OS2/c1-7(2)6-16-11-14-13-10(17-11)12-9(15)8-4-3-5-8/h7-8H,3-6H2,1-2H3,(H,12,13,15). The molecule has 0 aromatic carbocycles. The molecular formula is C11H17N3OS2. The fraction of sp³-hybridized carbons (Fsp3) is 0.727. The van der Waals surface area contributed by atoms with Gasteiger partial charge in [0.1, 0.15) is 0 Å². The summed E-state index contributed by atoms with van der Waals surface area (Å²) >= 11 is 3.16. The zero-order chi connectivity index (χ0) is 12.3. The van der Waals surface area contributed by atoms with Crippen LogP contribution in [0.25, 0.3) is 0 Å². The van der Waals surface area contributed by atoms with Crippen LogP contribution in [0.1, 0.15) is 33.1 Å². The molecule has 1 aromatic heterocycles. The average molecular weight is 271 g/mol. The van der Waals surface area contributed by atoms with E-state index in [1.807, 2.05) is 0 Å². The molecule has 0 spiro atoms. The van der Waals surface area contributed by atoms with Crippen LogP contribution in [0.2, 0.25) is 0 Å². The van der Waals surface area contributed by atoms with Gasteiger partial charge in [0.25, 0.3) is 0 Å². The second-order valence-electron chi connectivity index (χ2n) is 4.70. The van der Waals surface area contributed by atoms with E-state index in [9.17, 15) is 4.79 Å². The highest BCUT2D eigenvalue weighted by atomic mass is 32.2. The first-order chi connectivity index (χ1) is 8.15. The first kappa shape index (κ1) is 12.8. The second-order valence-corrected chi connectivity index (χ2v) is 6.94. The summed E-state index contributed by atoms with van der Waals surface area (Å²) in [6.07, 6.45) is 3.20. The number of nitrogens with zero attached hydrogens (tertiary/aromatic N) is 2. The molecule has 1 saturated carbocycles. The van der Waals surface area contributed by atoms with Crippen molar-refractivity contribution in [1.29, 1.82) is 0 Å². The molecule has 1 amide bonds. The van der Waals surface area contributed by atoms with Crippen LogP contribution in [0.5, 0.6) is 0 Å². The average Bonchev–Trinajstić information content (AvgIpc) is 2.59.